The minimum atomic E-state index is -0.775. The molecule has 0 aliphatic carbocycles. The number of benzene rings is 1. The Morgan fingerprint density at radius 1 is 1.12 bits per heavy atom. The van der Waals surface area contributed by atoms with E-state index in [1.54, 1.807) is 11.3 Å². The van der Waals surface area contributed by atoms with E-state index in [1.807, 2.05) is 63.5 Å². The number of aromatic nitrogens is 2. The molecule has 4 atom stereocenters. The fourth-order valence-corrected chi connectivity index (χ4v) is 8.37. The van der Waals surface area contributed by atoms with Crippen LogP contribution in [0.4, 0.5) is 5.82 Å². The van der Waals surface area contributed by atoms with E-state index in [4.69, 9.17) is 4.52 Å². The average Bonchev–Trinajstić information content (AvgIpc) is 3.82. The molecule has 11 nitrogen and oxygen atoms in total. The predicted octanol–water partition coefficient (Wildman–Crippen LogP) is 4.20. The second kappa shape index (κ2) is 14.7. The topological polar surface area (TPSA) is 127 Å². The molecule has 0 bridgehead atoms. The fourth-order valence-electron chi connectivity index (χ4n) is 7.55. The van der Waals surface area contributed by atoms with Gasteiger partial charge in [0.25, 0.3) is 0 Å². The zero-order chi connectivity index (χ0) is 34.0. The highest BCUT2D eigenvalue weighted by molar-refractivity contribution is 7.13. The summed E-state index contributed by atoms with van der Waals surface area (Å²) in [6.45, 7) is 17.3. The number of hydrogen-bond acceptors (Lipinski definition) is 10. The SMILES string of the molecule is Cc1ncsc1-c1ccc([C@H](C)NC(=O)[C@@H]2C[C@@H](O)CN2C(=O)[C@@H](c2cc(N3CCN(CC4(C)CCNCC4)CC3)no2)C(C)C)cc1. The molecule has 3 N–H and O–H groups in total. The highest BCUT2D eigenvalue weighted by Gasteiger charge is 2.43. The van der Waals surface area contributed by atoms with Gasteiger partial charge in [0.05, 0.1) is 28.2 Å². The van der Waals surface area contributed by atoms with Gasteiger partial charge in [-0.05, 0) is 62.2 Å². The second-order valence-corrected chi connectivity index (χ2v) is 15.5. The van der Waals surface area contributed by atoms with Crippen LogP contribution in [0, 0.1) is 18.3 Å². The lowest BCUT2D eigenvalue weighted by molar-refractivity contribution is -0.141. The Labute approximate surface area is 288 Å². The molecule has 260 valence electrons. The molecule has 12 heteroatoms. The monoisotopic (exact) mass is 677 g/mol. The van der Waals surface area contributed by atoms with Crippen molar-refractivity contribution >= 4 is 29.0 Å². The van der Waals surface area contributed by atoms with Crippen molar-refractivity contribution in [2.24, 2.45) is 11.3 Å². The Balaban J connectivity index is 1.08. The Hall–Kier alpha value is -3.32. The molecule has 6 rings (SSSR count). The number of aryl methyl sites for hydroxylation is 1. The number of rotatable bonds is 10. The van der Waals surface area contributed by atoms with E-state index >= 15 is 0 Å². The molecule has 2 aromatic heterocycles. The van der Waals surface area contributed by atoms with Crippen molar-refractivity contribution in [1.29, 1.82) is 0 Å². The molecule has 2 amide bonds. The smallest absolute Gasteiger partial charge is 0.243 e. The molecular weight excluding hydrogens is 627 g/mol. The Morgan fingerprint density at radius 3 is 2.48 bits per heavy atom. The number of aliphatic hydroxyl groups is 1. The predicted molar refractivity (Wildman–Crippen MR) is 188 cm³/mol. The van der Waals surface area contributed by atoms with E-state index in [0.29, 0.717) is 11.2 Å². The van der Waals surface area contributed by atoms with Gasteiger partial charge in [-0.3, -0.25) is 14.5 Å². The van der Waals surface area contributed by atoms with Crippen molar-refractivity contribution in [2.75, 3.05) is 57.3 Å². The normalized spacial score (nSPS) is 23.0. The number of carbonyl (C=O) groups excluding carboxylic acids is 2. The van der Waals surface area contributed by atoms with Crippen molar-refractivity contribution in [2.45, 2.75) is 78.0 Å². The summed E-state index contributed by atoms with van der Waals surface area (Å²) >= 11 is 1.61. The molecule has 5 heterocycles. The first-order valence-corrected chi connectivity index (χ1v) is 18.3. The highest BCUT2D eigenvalue weighted by atomic mass is 32.1. The van der Waals surface area contributed by atoms with Gasteiger partial charge < -0.3 is 30.1 Å². The van der Waals surface area contributed by atoms with Crippen molar-refractivity contribution in [3.8, 4) is 10.4 Å². The molecule has 0 radical (unpaired) electrons. The molecule has 48 heavy (non-hydrogen) atoms. The Bertz CT molecular complexity index is 1540. The third-order valence-corrected chi connectivity index (χ3v) is 11.5. The molecule has 3 aromatic rings. The molecule has 3 saturated heterocycles. The van der Waals surface area contributed by atoms with Crippen LogP contribution in [0.2, 0.25) is 0 Å². The van der Waals surface area contributed by atoms with Crippen LogP contribution in [-0.2, 0) is 9.59 Å². The number of piperidine rings is 1. The largest absolute Gasteiger partial charge is 0.391 e. The van der Waals surface area contributed by atoms with Crippen LogP contribution in [0.1, 0.15) is 75.9 Å². The lowest BCUT2D eigenvalue weighted by Gasteiger charge is -2.42. The molecule has 3 fully saturated rings. The fraction of sp³-hybridized carbons (Fsp3) is 0.611. The molecular formula is C36H51N7O4S. The molecule has 1 aromatic carbocycles. The number of thiazole rings is 1. The van der Waals surface area contributed by atoms with Gasteiger partial charge in [-0.1, -0.05) is 50.2 Å². The van der Waals surface area contributed by atoms with Crippen LogP contribution in [0.25, 0.3) is 10.4 Å². The van der Waals surface area contributed by atoms with Crippen LogP contribution in [0.15, 0.2) is 40.4 Å². The van der Waals surface area contributed by atoms with Crippen molar-refractivity contribution in [3.05, 3.63) is 52.9 Å². The summed E-state index contributed by atoms with van der Waals surface area (Å²) in [4.78, 5) is 39.6. The minimum absolute atomic E-state index is 0.0954. The maximum Gasteiger partial charge on any atom is 0.243 e. The number of hydrogen-bond donors (Lipinski definition) is 3. The lowest BCUT2D eigenvalue weighted by Crippen LogP contribution is -2.51. The van der Waals surface area contributed by atoms with Gasteiger partial charge in [0.1, 0.15) is 12.0 Å². The number of anilines is 1. The average molecular weight is 678 g/mol. The molecule has 0 unspecified atom stereocenters. The molecule has 0 spiro atoms. The minimum Gasteiger partial charge on any atom is -0.391 e. The number of carbonyl (C=O) groups is 2. The van der Waals surface area contributed by atoms with Gasteiger partial charge in [0.2, 0.25) is 11.8 Å². The van der Waals surface area contributed by atoms with E-state index < -0.39 is 18.1 Å². The molecule has 0 saturated carbocycles. The third-order valence-electron chi connectivity index (χ3n) is 10.5. The first kappa shape index (κ1) is 34.5. The van der Waals surface area contributed by atoms with Gasteiger partial charge in [-0.2, -0.15) is 0 Å². The van der Waals surface area contributed by atoms with Gasteiger partial charge in [-0.25, -0.2) is 4.98 Å². The summed E-state index contributed by atoms with van der Waals surface area (Å²) in [7, 11) is 0. The van der Waals surface area contributed by atoms with Gasteiger partial charge >= 0.3 is 0 Å². The number of nitrogens with zero attached hydrogens (tertiary/aromatic N) is 5. The molecule has 3 aliphatic rings. The Kier molecular flexibility index (Phi) is 10.5. The number of likely N-dealkylation sites (tertiary alicyclic amines) is 1. The number of β-amino-alcohol motifs (C(OH)–C–C–N with tert-alkyl or cyclic N) is 1. The lowest BCUT2D eigenvalue weighted by atomic mass is 9.80. The number of amides is 2. The summed E-state index contributed by atoms with van der Waals surface area (Å²) in [5.74, 6) is 0.0420. The highest BCUT2D eigenvalue weighted by Crippen LogP contribution is 2.34. The third kappa shape index (κ3) is 7.61. The van der Waals surface area contributed by atoms with Gasteiger partial charge in [-0.15, -0.1) is 11.3 Å². The van der Waals surface area contributed by atoms with Crippen molar-refractivity contribution < 1.29 is 19.2 Å². The number of aliphatic hydroxyl groups excluding tert-OH is 1. The summed E-state index contributed by atoms with van der Waals surface area (Å²) in [5.41, 5.74) is 5.25. The van der Waals surface area contributed by atoms with Crippen LogP contribution in [0.5, 0.6) is 0 Å². The van der Waals surface area contributed by atoms with Gasteiger partial charge in [0.15, 0.2) is 11.6 Å². The van der Waals surface area contributed by atoms with Crippen LogP contribution < -0.4 is 15.5 Å². The second-order valence-electron chi connectivity index (χ2n) is 14.6. The van der Waals surface area contributed by atoms with E-state index in [-0.39, 0.29) is 36.7 Å². The summed E-state index contributed by atoms with van der Waals surface area (Å²) < 4.78 is 5.85. The summed E-state index contributed by atoms with van der Waals surface area (Å²) in [6, 6.07) is 8.96. The van der Waals surface area contributed by atoms with E-state index in [9.17, 15) is 14.7 Å². The standard InChI is InChI=1S/C36H51N7O4S/c1-23(2)32(30-19-31(40-47-30)42-16-14-41(15-17-42)21-36(5)10-12-37-13-11-36)35(46)43-20-28(44)18-29(43)34(45)39-24(3)26-6-8-27(9-7-26)33-25(4)38-22-48-33/h6-9,19,22-24,28-29,32,37,44H,10-18,20-21H2,1-5H3,(H,39,45)/t24-,28+,29-,32+/m0/s1. The zero-order valence-corrected chi connectivity index (χ0v) is 29.8. The van der Waals surface area contributed by atoms with E-state index in [1.165, 1.54) is 17.7 Å². The van der Waals surface area contributed by atoms with Crippen molar-refractivity contribution in [1.82, 2.24) is 30.6 Å². The maximum atomic E-state index is 14.1. The summed E-state index contributed by atoms with van der Waals surface area (Å²) in [6.07, 6.45) is 1.84. The number of piperazine rings is 1. The van der Waals surface area contributed by atoms with Crippen LogP contribution >= 0.6 is 11.3 Å². The molecule has 3 aliphatic heterocycles. The van der Waals surface area contributed by atoms with Gasteiger partial charge in [0, 0.05) is 51.8 Å². The first-order valence-electron chi connectivity index (χ1n) is 17.5. The zero-order valence-electron chi connectivity index (χ0n) is 28.9. The van der Waals surface area contributed by atoms with Crippen molar-refractivity contribution in [3.63, 3.8) is 0 Å². The first-order chi connectivity index (χ1) is 23.0. The number of nitrogens with one attached hydrogen (secondary N) is 2. The summed E-state index contributed by atoms with van der Waals surface area (Å²) in [5, 5.41) is 21.6. The van der Waals surface area contributed by atoms with Crippen LogP contribution in [-0.4, -0.2) is 101 Å². The maximum absolute atomic E-state index is 14.1. The van der Waals surface area contributed by atoms with E-state index in [2.05, 4.69) is 37.5 Å². The Morgan fingerprint density at radius 2 is 1.83 bits per heavy atom. The van der Waals surface area contributed by atoms with Crippen LogP contribution in [0.3, 0.4) is 0 Å². The van der Waals surface area contributed by atoms with E-state index in [0.717, 1.165) is 73.3 Å². The quantitative estimate of drug-likeness (QED) is 0.290.